The average molecular weight is 294 g/mol. The monoisotopic (exact) mass is 294 g/mol. The fourth-order valence-electron chi connectivity index (χ4n) is 1.77. The van der Waals surface area contributed by atoms with Crippen molar-refractivity contribution in [3.8, 4) is 6.07 Å². The van der Waals surface area contributed by atoms with E-state index >= 15 is 0 Å². The molecule has 0 saturated carbocycles. The molecule has 1 rings (SSSR count). The molecule has 1 unspecified atom stereocenters. The molecule has 4 nitrogen and oxygen atoms in total. The van der Waals surface area contributed by atoms with Crippen molar-refractivity contribution in [3.05, 3.63) is 35.4 Å². The summed E-state index contributed by atoms with van der Waals surface area (Å²) in [4.78, 5) is 23.4. The van der Waals surface area contributed by atoms with Gasteiger partial charge < -0.3 is 5.32 Å². The van der Waals surface area contributed by atoms with Gasteiger partial charge in [-0.05, 0) is 24.6 Å². The molecular formula is C15H16F2N2O2. The highest BCUT2D eigenvalue weighted by atomic mass is 19.2. The SMILES string of the molecule is CCCC(C#N)NC(=O)CCC(=O)c1ccc(F)c(F)c1. The predicted octanol–water partition coefficient (Wildman–Crippen LogP) is 2.74. The van der Waals surface area contributed by atoms with Gasteiger partial charge in [-0.1, -0.05) is 13.3 Å². The largest absolute Gasteiger partial charge is 0.340 e. The summed E-state index contributed by atoms with van der Waals surface area (Å²) in [5, 5.41) is 11.3. The van der Waals surface area contributed by atoms with Crippen LogP contribution >= 0.6 is 0 Å². The lowest BCUT2D eigenvalue weighted by Crippen LogP contribution is -2.33. The lowest BCUT2D eigenvalue weighted by Gasteiger charge is -2.10. The maximum Gasteiger partial charge on any atom is 0.221 e. The number of nitriles is 1. The minimum atomic E-state index is -1.10. The van der Waals surface area contributed by atoms with E-state index in [-0.39, 0.29) is 18.4 Å². The zero-order valence-electron chi connectivity index (χ0n) is 11.7. The maximum absolute atomic E-state index is 13.0. The van der Waals surface area contributed by atoms with Crippen molar-refractivity contribution in [2.75, 3.05) is 0 Å². The van der Waals surface area contributed by atoms with E-state index in [0.29, 0.717) is 6.42 Å². The Balaban J connectivity index is 2.51. The van der Waals surface area contributed by atoms with E-state index in [1.807, 2.05) is 13.0 Å². The first-order valence-electron chi connectivity index (χ1n) is 6.65. The van der Waals surface area contributed by atoms with Gasteiger partial charge in [0.15, 0.2) is 17.4 Å². The minimum absolute atomic E-state index is 0.0205. The van der Waals surface area contributed by atoms with Gasteiger partial charge in [0, 0.05) is 18.4 Å². The molecule has 112 valence electrons. The van der Waals surface area contributed by atoms with E-state index in [1.54, 1.807) is 0 Å². The van der Waals surface area contributed by atoms with Gasteiger partial charge in [-0.25, -0.2) is 8.78 Å². The highest BCUT2D eigenvalue weighted by Crippen LogP contribution is 2.11. The predicted molar refractivity (Wildman–Crippen MR) is 72.4 cm³/mol. The minimum Gasteiger partial charge on any atom is -0.340 e. The van der Waals surface area contributed by atoms with Gasteiger partial charge in [-0.2, -0.15) is 5.26 Å². The topological polar surface area (TPSA) is 70.0 Å². The smallest absolute Gasteiger partial charge is 0.221 e. The number of nitrogens with zero attached hydrogens (tertiary/aromatic N) is 1. The maximum atomic E-state index is 13.0. The van der Waals surface area contributed by atoms with Gasteiger partial charge in [0.25, 0.3) is 0 Å². The second-order valence-corrected chi connectivity index (χ2v) is 4.59. The number of carbonyl (C=O) groups is 2. The van der Waals surface area contributed by atoms with Crippen molar-refractivity contribution in [1.29, 1.82) is 5.26 Å². The summed E-state index contributed by atoms with van der Waals surface area (Å²) in [5.41, 5.74) is 0.0205. The van der Waals surface area contributed by atoms with Gasteiger partial charge in [-0.3, -0.25) is 9.59 Å². The van der Waals surface area contributed by atoms with Gasteiger partial charge in [-0.15, -0.1) is 0 Å². The lowest BCUT2D eigenvalue weighted by molar-refractivity contribution is -0.121. The van der Waals surface area contributed by atoms with Crippen molar-refractivity contribution in [3.63, 3.8) is 0 Å². The standard InChI is InChI=1S/C15H16F2N2O2/c1-2-3-11(9-18)19-15(21)7-6-14(20)10-4-5-12(16)13(17)8-10/h4-5,8,11H,2-3,6-7H2,1H3,(H,19,21). The van der Waals surface area contributed by atoms with Crippen molar-refractivity contribution < 1.29 is 18.4 Å². The van der Waals surface area contributed by atoms with Gasteiger partial charge in [0.2, 0.25) is 5.91 Å². The Kier molecular flexibility index (Phi) is 6.47. The molecule has 0 saturated heterocycles. The zero-order valence-corrected chi connectivity index (χ0v) is 11.7. The molecule has 1 amide bonds. The first-order chi connectivity index (χ1) is 9.97. The molecule has 1 aromatic carbocycles. The first-order valence-corrected chi connectivity index (χ1v) is 6.65. The third kappa shape index (κ3) is 5.30. The third-order valence-electron chi connectivity index (χ3n) is 2.89. The average Bonchev–Trinajstić information content (AvgIpc) is 2.47. The molecule has 0 aromatic heterocycles. The Morgan fingerprint density at radius 3 is 2.57 bits per heavy atom. The summed E-state index contributed by atoms with van der Waals surface area (Å²) in [6.45, 7) is 1.89. The van der Waals surface area contributed by atoms with Crippen LogP contribution in [0, 0.1) is 23.0 Å². The summed E-state index contributed by atoms with van der Waals surface area (Å²) in [6, 6.07) is 4.25. The number of benzene rings is 1. The van der Waals surface area contributed by atoms with E-state index in [2.05, 4.69) is 5.32 Å². The number of carbonyl (C=O) groups excluding carboxylic acids is 2. The molecular weight excluding hydrogens is 278 g/mol. The van der Waals surface area contributed by atoms with Crippen LogP contribution in [0.15, 0.2) is 18.2 Å². The lowest BCUT2D eigenvalue weighted by atomic mass is 10.1. The molecule has 0 spiro atoms. The number of ketones is 1. The quantitative estimate of drug-likeness (QED) is 0.786. The van der Waals surface area contributed by atoms with Gasteiger partial charge in [0.1, 0.15) is 6.04 Å². The summed E-state index contributed by atoms with van der Waals surface area (Å²) in [7, 11) is 0. The van der Waals surface area contributed by atoms with E-state index < -0.39 is 29.4 Å². The normalized spacial score (nSPS) is 11.5. The molecule has 0 aliphatic carbocycles. The summed E-state index contributed by atoms with van der Waals surface area (Å²) < 4.78 is 25.7. The fourth-order valence-corrected chi connectivity index (χ4v) is 1.77. The zero-order chi connectivity index (χ0) is 15.8. The summed E-state index contributed by atoms with van der Waals surface area (Å²) in [6.07, 6.45) is 1.08. The Hall–Kier alpha value is -2.29. The van der Waals surface area contributed by atoms with Crippen molar-refractivity contribution in [2.45, 2.75) is 38.6 Å². The van der Waals surface area contributed by atoms with Crippen LogP contribution in [0.25, 0.3) is 0 Å². The van der Waals surface area contributed by atoms with Crippen LogP contribution in [0.1, 0.15) is 43.0 Å². The number of amides is 1. The molecule has 1 aromatic rings. The van der Waals surface area contributed by atoms with Crippen molar-refractivity contribution in [2.24, 2.45) is 0 Å². The summed E-state index contributed by atoms with van der Waals surface area (Å²) >= 11 is 0. The molecule has 21 heavy (non-hydrogen) atoms. The second kappa shape index (κ2) is 8.10. The number of halogens is 2. The van der Waals surface area contributed by atoms with Crippen molar-refractivity contribution >= 4 is 11.7 Å². The number of rotatable bonds is 7. The number of Topliss-reactive ketones (excluding diaryl/α,β-unsaturated/α-hetero) is 1. The van der Waals surface area contributed by atoms with E-state index in [1.165, 1.54) is 6.07 Å². The highest BCUT2D eigenvalue weighted by molar-refractivity contribution is 5.97. The van der Waals surface area contributed by atoms with E-state index in [4.69, 9.17) is 5.26 Å². The molecule has 1 atom stereocenters. The highest BCUT2D eigenvalue weighted by Gasteiger charge is 2.14. The molecule has 6 heteroatoms. The van der Waals surface area contributed by atoms with E-state index in [0.717, 1.165) is 18.6 Å². The van der Waals surface area contributed by atoms with Crippen LogP contribution in [-0.2, 0) is 4.79 Å². The first kappa shape index (κ1) is 16.8. The molecule has 0 bridgehead atoms. The van der Waals surface area contributed by atoms with Crippen LogP contribution in [0.2, 0.25) is 0 Å². The third-order valence-corrected chi connectivity index (χ3v) is 2.89. The van der Waals surface area contributed by atoms with Crippen LogP contribution in [-0.4, -0.2) is 17.7 Å². The number of hydrogen-bond acceptors (Lipinski definition) is 3. The molecule has 0 radical (unpaired) electrons. The van der Waals surface area contributed by atoms with Gasteiger partial charge in [0.05, 0.1) is 6.07 Å². The molecule has 0 fully saturated rings. The number of nitrogens with one attached hydrogen (secondary N) is 1. The fraction of sp³-hybridized carbons (Fsp3) is 0.400. The van der Waals surface area contributed by atoms with Crippen LogP contribution in [0.3, 0.4) is 0 Å². The van der Waals surface area contributed by atoms with Crippen LogP contribution < -0.4 is 5.32 Å². The van der Waals surface area contributed by atoms with Crippen LogP contribution in [0.4, 0.5) is 8.78 Å². The molecule has 0 aliphatic heterocycles. The van der Waals surface area contributed by atoms with Crippen LogP contribution in [0.5, 0.6) is 0 Å². The Bertz CT molecular complexity index is 567. The Morgan fingerprint density at radius 2 is 2.00 bits per heavy atom. The van der Waals surface area contributed by atoms with E-state index in [9.17, 15) is 18.4 Å². The Morgan fingerprint density at radius 1 is 1.29 bits per heavy atom. The molecule has 1 N–H and O–H groups in total. The second-order valence-electron chi connectivity index (χ2n) is 4.59. The van der Waals surface area contributed by atoms with Crippen molar-refractivity contribution in [1.82, 2.24) is 5.32 Å². The number of hydrogen-bond donors (Lipinski definition) is 1. The Labute approximate surface area is 121 Å². The molecule has 0 aliphatic rings. The molecule has 0 heterocycles. The van der Waals surface area contributed by atoms with Gasteiger partial charge >= 0.3 is 0 Å². The summed E-state index contributed by atoms with van der Waals surface area (Å²) in [5.74, 6) is -2.99.